The highest BCUT2D eigenvalue weighted by molar-refractivity contribution is 5.76. The first-order chi connectivity index (χ1) is 9.34. The molecule has 20 heavy (non-hydrogen) atoms. The summed E-state index contributed by atoms with van der Waals surface area (Å²) in [4.78, 5) is 25.1. The molecule has 0 saturated carbocycles. The number of carbonyl (C=O) groups excluding carboxylic acids is 2. The SMILES string of the molecule is CC(=O)NC1CCN(C(=O)CCC(C)(C)CCN)CC1. The Morgan fingerprint density at radius 3 is 2.35 bits per heavy atom. The number of nitrogens with one attached hydrogen (secondary N) is 1. The Kier molecular flexibility index (Phi) is 6.46. The normalized spacial score (nSPS) is 17.1. The van der Waals surface area contributed by atoms with Crippen LogP contribution in [0.15, 0.2) is 0 Å². The second-order valence-electron chi connectivity index (χ2n) is 6.56. The first-order valence-corrected chi connectivity index (χ1v) is 7.59. The van der Waals surface area contributed by atoms with Crippen LogP contribution in [0.4, 0.5) is 0 Å². The number of amides is 2. The monoisotopic (exact) mass is 283 g/mol. The lowest BCUT2D eigenvalue weighted by molar-refractivity contribution is -0.133. The van der Waals surface area contributed by atoms with Crippen LogP contribution in [0.3, 0.4) is 0 Å². The average Bonchev–Trinajstić information content (AvgIpc) is 2.36. The number of carbonyl (C=O) groups is 2. The van der Waals surface area contributed by atoms with Gasteiger partial charge in [0, 0.05) is 32.5 Å². The number of nitrogens with zero attached hydrogens (tertiary/aromatic N) is 1. The van der Waals surface area contributed by atoms with Gasteiger partial charge in [-0.1, -0.05) is 13.8 Å². The van der Waals surface area contributed by atoms with E-state index in [-0.39, 0.29) is 23.3 Å². The maximum Gasteiger partial charge on any atom is 0.222 e. The molecular weight excluding hydrogens is 254 g/mol. The van der Waals surface area contributed by atoms with Crippen molar-refractivity contribution in [3.05, 3.63) is 0 Å². The van der Waals surface area contributed by atoms with Gasteiger partial charge in [0.15, 0.2) is 0 Å². The molecule has 0 unspecified atom stereocenters. The number of nitrogens with two attached hydrogens (primary N) is 1. The fraction of sp³-hybridized carbons (Fsp3) is 0.867. The summed E-state index contributed by atoms with van der Waals surface area (Å²) in [5.74, 6) is 0.245. The van der Waals surface area contributed by atoms with Gasteiger partial charge in [0.05, 0.1) is 0 Å². The van der Waals surface area contributed by atoms with Gasteiger partial charge < -0.3 is 16.0 Å². The molecule has 1 rings (SSSR count). The van der Waals surface area contributed by atoms with Crippen molar-refractivity contribution in [3.8, 4) is 0 Å². The van der Waals surface area contributed by atoms with E-state index in [1.165, 1.54) is 6.92 Å². The fourth-order valence-corrected chi connectivity index (χ4v) is 2.68. The summed E-state index contributed by atoms with van der Waals surface area (Å²) in [5.41, 5.74) is 5.73. The summed E-state index contributed by atoms with van der Waals surface area (Å²) in [6.45, 7) is 8.04. The highest BCUT2D eigenvalue weighted by Gasteiger charge is 2.25. The minimum atomic E-state index is 0.0123. The third-order valence-corrected chi connectivity index (χ3v) is 4.09. The topological polar surface area (TPSA) is 75.4 Å². The second-order valence-corrected chi connectivity index (χ2v) is 6.56. The van der Waals surface area contributed by atoms with Gasteiger partial charge >= 0.3 is 0 Å². The van der Waals surface area contributed by atoms with Crippen molar-refractivity contribution in [3.63, 3.8) is 0 Å². The second kappa shape index (κ2) is 7.62. The Morgan fingerprint density at radius 2 is 1.85 bits per heavy atom. The zero-order valence-electron chi connectivity index (χ0n) is 13.1. The third-order valence-electron chi connectivity index (χ3n) is 4.09. The molecule has 0 aromatic heterocycles. The van der Waals surface area contributed by atoms with E-state index in [9.17, 15) is 9.59 Å². The average molecular weight is 283 g/mol. The highest BCUT2D eigenvalue weighted by Crippen LogP contribution is 2.26. The maximum atomic E-state index is 12.2. The van der Waals surface area contributed by atoms with Crippen LogP contribution in [0.25, 0.3) is 0 Å². The number of rotatable bonds is 6. The highest BCUT2D eigenvalue weighted by atomic mass is 16.2. The smallest absolute Gasteiger partial charge is 0.222 e. The van der Waals surface area contributed by atoms with E-state index in [1.807, 2.05) is 4.90 Å². The van der Waals surface area contributed by atoms with Crippen molar-refractivity contribution in [2.75, 3.05) is 19.6 Å². The van der Waals surface area contributed by atoms with Crippen LogP contribution in [-0.2, 0) is 9.59 Å². The van der Waals surface area contributed by atoms with Crippen molar-refractivity contribution in [1.82, 2.24) is 10.2 Å². The number of likely N-dealkylation sites (tertiary alicyclic amines) is 1. The quantitative estimate of drug-likeness (QED) is 0.771. The molecule has 0 aliphatic carbocycles. The minimum Gasteiger partial charge on any atom is -0.353 e. The first-order valence-electron chi connectivity index (χ1n) is 7.59. The lowest BCUT2D eigenvalue weighted by atomic mass is 9.84. The van der Waals surface area contributed by atoms with E-state index in [1.54, 1.807) is 0 Å². The molecule has 5 heteroatoms. The molecule has 1 saturated heterocycles. The van der Waals surface area contributed by atoms with Crippen LogP contribution >= 0.6 is 0 Å². The van der Waals surface area contributed by atoms with Gasteiger partial charge in [-0.15, -0.1) is 0 Å². The summed E-state index contributed by atoms with van der Waals surface area (Å²) in [6, 6.07) is 0.227. The van der Waals surface area contributed by atoms with Gasteiger partial charge in [-0.25, -0.2) is 0 Å². The minimum absolute atomic E-state index is 0.0123. The lowest BCUT2D eigenvalue weighted by Gasteiger charge is -2.33. The number of hydrogen-bond acceptors (Lipinski definition) is 3. The van der Waals surface area contributed by atoms with Gasteiger partial charge in [0.1, 0.15) is 0 Å². The van der Waals surface area contributed by atoms with Gasteiger partial charge in [-0.3, -0.25) is 9.59 Å². The van der Waals surface area contributed by atoms with E-state index >= 15 is 0 Å². The molecule has 0 aromatic rings. The molecule has 1 aliphatic rings. The molecule has 1 aliphatic heterocycles. The van der Waals surface area contributed by atoms with Crippen LogP contribution in [0.5, 0.6) is 0 Å². The Balaban J connectivity index is 2.30. The molecule has 1 fully saturated rings. The summed E-state index contributed by atoms with van der Waals surface area (Å²) in [5, 5.41) is 2.92. The van der Waals surface area contributed by atoms with Crippen molar-refractivity contribution < 1.29 is 9.59 Å². The molecule has 0 aromatic carbocycles. The summed E-state index contributed by atoms with van der Waals surface area (Å²) in [7, 11) is 0. The molecular formula is C15H29N3O2. The molecule has 3 N–H and O–H groups in total. The molecule has 0 spiro atoms. The maximum absolute atomic E-state index is 12.2. The van der Waals surface area contributed by atoms with Gasteiger partial charge in [0.2, 0.25) is 11.8 Å². The van der Waals surface area contributed by atoms with E-state index in [4.69, 9.17) is 5.73 Å². The van der Waals surface area contributed by atoms with Crippen LogP contribution in [0, 0.1) is 5.41 Å². The Morgan fingerprint density at radius 1 is 1.25 bits per heavy atom. The van der Waals surface area contributed by atoms with Gasteiger partial charge in [-0.05, 0) is 37.6 Å². The van der Waals surface area contributed by atoms with Crippen LogP contribution < -0.4 is 11.1 Å². The van der Waals surface area contributed by atoms with Crippen molar-refractivity contribution in [2.45, 2.75) is 58.9 Å². The standard InChI is InChI=1S/C15H29N3O2/c1-12(19)17-13-5-10-18(11-6-13)14(20)4-7-15(2,3)8-9-16/h13H,4-11,16H2,1-3H3,(H,17,19). The first kappa shape index (κ1) is 17.0. The van der Waals surface area contributed by atoms with E-state index < -0.39 is 0 Å². The number of piperidine rings is 1. The van der Waals surface area contributed by atoms with Crippen LogP contribution in [0.2, 0.25) is 0 Å². The van der Waals surface area contributed by atoms with Crippen LogP contribution in [0.1, 0.15) is 52.9 Å². The summed E-state index contributed by atoms with van der Waals surface area (Å²) in [6.07, 6.45) is 4.15. The molecule has 0 atom stereocenters. The Labute approximate surface area is 122 Å². The molecule has 2 amide bonds. The Hall–Kier alpha value is -1.10. The third kappa shape index (κ3) is 5.90. The van der Waals surface area contributed by atoms with Crippen molar-refractivity contribution in [1.29, 1.82) is 0 Å². The largest absolute Gasteiger partial charge is 0.353 e. The molecule has 0 radical (unpaired) electrons. The van der Waals surface area contributed by atoms with Crippen molar-refractivity contribution in [2.24, 2.45) is 11.1 Å². The molecule has 116 valence electrons. The zero-order valence-corrected chi connectivity index (χ0v) is 13.1. The fourth-order valence-electron chi connectivity index (χ4n) is 2.68. The zero-order chi connectivity index (χ0) is 15.2. The molecule has 0 bridgehead atoms. The van der Waals surface area contributed by atoms with E-state index in [0.29, 0.717) is 13.0 Å². The predicted molar refractivity (Wildman–Crippen MR) is 80.1 cm³/mol. The Bertz CT molecular complexity index is 334. The summed E-state index contributed by atoms with van der Waals surface area (Å²) < 4.78 is 0. The van der Waals surface area contributed by atoms with Gasteiger partial charge in [-0.2, -0.15) is 0 Å². The number of hydrogen-bond donors (Lipinski definition) is 2. The van der Waals surface area contributed by atoms with Crippen molar-refractivity contribution >= 4 is 11.8 Å². The van der Waals surface area contributed by atoms with Gasteiger partial charge in [0.25, 0.3) is 0 Å². The van der Waals surface area contributed by atoms with Crippen LogP contribution in [-0.4, -0.2) is 42.4 Å². The molecule has 5 nitrogen and oxygen atoms in total. The predicted octanol–water partition coefficient (Wildman–Crippen LogP) is 1.27. The lowest BCUT2D eigenvalue weighted by Crippen LogP contribution is -2.46. The summed E-state index contributed by atoms with van der Waals surface area (Å²) >= 11 is 0. The van der Waals surface area contributed by atoms with E-state index in [0.717, 1.165) is 38.8 Å². The molecule has 1 heterocycles. The van der Waals surface area contributed by atoms with E-state index in [2.05, 4.69) is 19.2 Å².